The van der Waals surface area contributed by atoms with Gasteiger partial charge in [-0.3, -0.25) is 4.79 Å². The molecule has 1 N–H and O–H groups in total. The van der Waals surface area contributed by atoms with Gasteiger partial charge in [-0.25, -0.2) is 4.79 Å². The fourth-order valence-corrected chi connectivity index (χ4v) is 4.83. The molecule has 38 heavy (non-hydrogen) atoms. The lowest BCUT2D eigenvalue weighted by Crippen LogP contribution is -2.14. The van der Waals surface area contributed by atoms with Crippen molar-refractivity contribution < 1.29 is 31.7 Å². The van der Waals surface area contributed by atoms with Gasteiger partial charge in [0.25, 0.3) is 5.91 Å². The van der Waals surface area contributed by atoms with E-state index < -0.39 is 22.0 Å². The molecule has 3 aromatic rings. The second-order valence-corrected chi connectivity index (χ2v) is 10.3. The molecule has 0 atom stereocenters. The molecule has 0 aliphatic rings. The number of rotatable bonds is 9. The Morgan fingerprint density at radius 2 is 1.76 bits per heavy atom. The summed E-state index contributed by atoms with van der Waals surface area (Å²) in [5.41, 5.74) is 0.787. The van der Waals surface area contributed by atoms with E-state index in [-0.39, 0.29) is 33.0 Å². The Balaban J connectivity index is 1.89. The number of hydrogen-bond donors (Lipinski definition) is 1. The van der Waals surface area contributed by atoms with Crippen molar-refractivity contribution in [2.24, 2.45) is 0 Å². The Bertz CT molecular complexity index is 1530. The number of nitrogens with zero attached hydrogens (tertiary/aromatic N) is 1. The maximum atomic E-state index is 12.8. The molecule has 1 amide bonds. The average molecular weight is 620 g/mol. The van der Waals surface area contributed by atoms with Gasteiger partial charge in [0.1, 0.15) is 16.5 Å². The zero-order chi connectivity index (χ0) is 27.9. The summed E-state index contributed by atoms with van der Waals surface area (Å²) in [5, 5.41) is 12.5. The number of methoxy groups -OCH3 is 1. The van der Waals surface area contributed by atoms with Crippen LogP contribution in [-0.4, -0.2) is 34.0 Å². The number of nitriles is 1. The van der Waals surface area contributed by atoms with Gasteiger partial charge in [0.05, 0.1) is 23.8 Å². The van der Waals surface area contributed by atoms with Crippen LogP contribution in [0.3, 0.4) is 0 Å². The van der Waals surface area contributed by atoms with Crippen LogP contribution in [-0.2, 0) is 19.6 Å². The molecule has 0 saturated carbocycles. The summed E-state index contributed by atoms with van der Waals surface area (Å²) in [6, 6.07) is 16.2. The first-order valence-corrected chi connectivity index (χ1v) is 13.4. The zero-order valence-electron chi connectivity index (χ0n) is 20.0. The fourth-order valence-electron chi connectivity index (χ4n) is 3.10. The van der Waals surface area contributed by atoms with E-state index in [4.69, 9.17) is 20.5 Å². The molecular weight excluding hydrogens is 600 g/mol. The highest BCUT2D eigenvalue weighted by Crippen LogP contribution is 2.39. The molecule has 0 radical (unpaired) electrons. The van der Waals surface area contributed by atoms with E-state index in [1.807, 2.05) is 6.07 Å². The maximum absolute atomic E-state index is 12.8. The fraction of sp³-hybridized carbons (Fsp3) is 0.115. The lowest BCUT2D eigenvalue weighted by molar-refractivity contribution is -0.112. The van der Waals surface area contributed by atoms with Crippen molar-refractivity contribution in [3.05, 3.63) is 86.9 Å². The lowest BCUT2D eigenvalue weighted by atomic mass is 10.1. The van der Waals surface area contributed by atoms with Gasteiger partial charge in [-0.15, -0.1) is 0 Å². The smallest absolute Gasteiger partial charge is 0.339 e. The summed E-state index contributed by atoms with van der Waals surface area (Å²) in [6.07, 6.45) is 1.31. The topological polar surface area (TPSA) is 132 Å². The predicted molar refractivity (Wildman–Crippen MR) is 145 cm³/mol. The van der Waals surface area contributed by atoms with E-state index in [2.05, 4.69) is 26.0 Å². The molecule has 9 nitrogen and oxygen atoms in total. The second-order valence-electron chi connectivity index (χ2n) is 7.45. The van der Waals surface area contributed by atoms with Crippen molar-refractivity contribution in [2.75, 3.05) is 19.0 Å². The van der Waals surface area contributed by atoms with E-state index in [0.29, 0.717) is 21.8 Å². The summed E-state index contributed by atoms with van der Waals surface area (Å²) < 4.78 is 41.4. The number of halogens is 2. The van der Waals surface area contributed by atoms with Crippen LogP contribution in [0.25, 0.3) is 6.08 Å². The van der Waals surface area contributed by atoms with Crippen molar-refractivity contribution in [3.8, 4) is 17.6 Å². The highest BCUT2D eigenvalue weighted by atomic mass is 79.9. The van der Waals surface area contributed by atoms with E-state index in [9.17, 15) is 23.3 Å². The first-order valence-electron chi connectivity index (χ1n) is 10.9. The third-order valence-electron chi connectivity index (χ3n) is 4.87. The van der Waals surface area contributed by atoms with Crippen LogP contribution in [0.5, 0.6) is 11.5 Å². The van der Waals surface area contributed by atoms with Crippen LogP contribution in [0, 0.1) is 11.3 Å². The number of carbonyl (C=O) groups is 2. The third kappa shape index (κ3) is 7.13. The standard InChI is InChI=1S/C26H20BrClN2O7S/c1-3-36-23-14-16(13-22(27)24(23)37-38(33,34)21-10-6-19(28)7-11-21)12-18(15-29)25(31)30-20-8-4-17(5-9-20)26(32)35-2/h4-14H,3H2,1-2H3,(H,30,31)/b18-12+. The van der Waals surface area contributed by atoms with Gasteiger partial charge in [-0.1, -0.05) is 11.6 Å². The minimum absolute atomic E-state index is 0.0711. The van der Waals surface area contributed by atoms with Crippen LogP contribution in [0.15, 0.2) is 75.6 Å². The maximum Gasteiger partial charge on any atom is 0.339 e. The highest BCUT2D eigenvalue weighted by molar-refractivity contribution is 9.10. The summed E-state index contributed by atoms with van der Waals surface area (Å²) in [5.74, 6) is -1.25. The molecule has 0 fully saturated rings. The lowest BCUT2D eigenvalue weighted by Gasteiger charge is -2.15. The van der Waals surface area contributed by atoms with Crippen molar-refractivity contribution in [2.45, 2.75) is 11.8 Å². The van der Waals surface area contributed by atoms with Crippen LogP contribution in [0.2, 0.25) is 5.02 Å². The van der Waals surface area contributed by atoms with Crippen LogP contribution in [0.4, 0.5) is 5.69 Å². The molecule has 0 heterocycles. The van der Waals surface area contributed by atoms with Gasteiger partial charge < -0.3 is 19.0 Å². The summed E-state index contributed by atoms with van der Waals surface area (Å²) >= 11 is 9.13. The quantitative estimate of drug-likeness (QED) is 0.142. The Morgan fingerprint density at radius 1 is 1.11 bits per heavy atom. The number of carbonyl (C=O) groups excluding carboxylic acids is 2. The number of benzene rings is 3. The minimum Gasteiger partial charge on any atom is -0.490 e. The van der Waals surface area contributed by atoms with Crippen LogP contribution >= 0.6 is 27.5 Å². The minimum atomic E-state index is -4.22. The molecule has 0 spiro atoms. The molecule has 0 bridgehead atoms. The largest absolute Gasteiger partial charge is 0.490 e. The Kier molecular flexibility index (Phi) is 9.52. The Morgan fingerprint density at radius 3 is 2.34 bits per heavy atom. The van der Waals surface area contributed by atoms with E-state index >= 15 is 0 Å². The monoisotopic (exact) mass is 618 g/mol. The van der Waals surface area contributed by atoms with Gasteiger partial charge in [0.2, 0.25) is 0 Å². The van der Waals surface area contributed by atoms with Gasteiger partial charge in [-0.2, -0.15) is 13.7 Å². The number of esters is 1. The molecule has 0 aliphatic heterocycles. The third-order valence-corrected chi connectivity index (χ3v) is 6.94. The molecule has 3 aromatic carbocycles. The number of ether oxygens (including phenoxy) is 2. The first-order chi connectivity index (χ1) is 18.1. The molecule has 0 saturated heterocycles. The van der Waals surface area contributed by atoms with Crippen molar-refractivity contribution >= 4 is 61.3 Å². The van der Waals surface area contributed by atoms with E-state index in [0.717, 1.165) is 0 Å². The van der Waals surface area contributed by atoms with Gasteiger partial charge in [0.15, 0.2) is 11.5 Å². The van der Waals surface area contributed by atoms with E-state index in [1.54, 1.807) is 6.92 Å². The van der Waals surface area contributed by atoms with Gasteiger partial charge in [-0.05, 0) is 95.2 Å². The molecule has 0 aromatic heterocycles. The summed E-state index contributed by atoms with van der Waals surface area (Å²) in [7, 11) is -2.96. The SMILES string of the molecule is CCOc1cc(/C=C(\C#N)C(=O)Nc2ccc(C(=O)OC)cc2)cc(Br)c1OS(=O)(=O)c1ccc(Cl)cc1. The molecule has 3 rings (SSSR count). The number of nitrogens with one attached hydrogen (secondary N) is 1. The van der Waals surface area contributed by atoms with Crippen LogP contribution in [0.1, 0.15) is 22.8 Å². The molecule has 0 unspecified atom stereocenters. The van der Waals surface area contributed by atoms with Gasteiger partial charge >= 0.3 is 16.1 Å². The first kappa shape index (κ1) is 28.7. The van der Waals surface area contributed by atoms with E-state index in [1.165, 1.54) is 73.8 Å². The highest BCUT2D eigenvalue weighted by Gasteiger charge is 2.22. The molecule has 12 heteroatoms. The Labute approximate surface area is 232 Å². The summed E-state index contributed by atoms with van der Waals surface area (Å²) in [6.45, 7) is 1.89. The number of hydrogen-bond acceptors (Lipinski definition) is 8. The molecular formula is C26H20BrClN2O7S. The predicted octanol–water partition coefficient (Wildman–Crippen LogP) is 5.60. The van der Waals surface area contributed by atoms with Crippen LogP contribution < -0.4 is 14.2 Å². The Hall–Kier alpha value is -3.85. The van der Waals surface area contributed by atoms with Gasteiger partial charge in [0, 0.05) is 10.7 Å². The zero-order valence-corrected chi connectivity index (χ0v) is 23.2. The summed E-state index contributed by atoms with van der Waals surface area (Å²) in [4.78, 5) is 24.2. The average Bonchev–Trinajstić information content (AvgIpc) is 2.89. The normalized spacial score (nSPS) is 11.3. The number of anilines is 1. The molecule has 0 aliphatic carbocycles. The van der Waals surface area contributed by atoms with Crippen molar-refractivity contribution in [1.82, 2.24) is 0 Å². The van der Waals surface area contributed by atoms with Crippen molar-refractivity contribution in [1.29, 1.82) is 5.26 Å². The molecule has 196 valence electrons. The second kappa shape index (κ2) is 12.6. The number of amides is 1. The van der Waals surface area contributed by atoms with Crippen molar-refractivity contribution in [3.63, 3.8) is 0 Å².